The second kappa shape index (κ2) is 14.9. The summed E-state index contributed by atoms with van der Waals surface area (Å²) in [5.41, 5.74) is 1.78. The van der Waals surface area contributed by atoms with Crippen LogP contribution in [0.25, 0.3) is 0 Å². The lowest BCUT2D eigenvalue weighted by atomic mass is 10.1. The van der Waals surface area contributed by atoms with Gasteiger partial charge in [0.2, 0.25) is 0 Å². The summed E-state index contributed by atoms with van der Waals surface area (Å²) in [5.74, 6) is 0.712. The van der Waals surface area contributed by atoms with Crippen molar-refractivity contribution >= 4 is 15.7 Å². The van der Waals surface area contributed by atoms with Gasteiger partial charge in [0, 0.05) is 5.69 Å². The molecule has 0 fully saturated rings. The first-order chi connectivity index (χ1) is 15.5. The van der Waals surface area contributed by atoms with E-state index in [9.17, 15) is 8.42 Å². The van der Waals surface area contributed by atoms with E-state index in [1.54, 1.807) is 24.3 Å². The predicted molar refractivity (Wildman–Crippen MR) is 135 cm³/mol. The number of sulfonamides is 1. The van der Waals surface area contributed by atoms with Gasteiger partial charge < -0.3 is 4.74 Å². The summed E-state index contributed by atoms with van der Waals surface area (Å²) in [6.45, 7) is 5.05. The molecule has 0 saturated carbocycles. The molecule has 1 N–H and O–H groups in total. The van der Waals surface area contributed by atoms with Crippen LogP contribution in [0.2, 0.25) is 0 Å². The molecule has 0 bridgehead atoms. The Hall–Kier alpha value is -2.01. The van der Waals surface area contributed by atoms with Gasteiger partial charge in [0.1, 0.15) is 5.75 Å². The van der Waals surface area contributed by atoms with Gasteiger partial charge in [-0.2, -0.15) is 0 Å². The first-order valence-electron chi connectivity index (χ1n) is 12.4. The van der Waals surface area contributed by atoms with E-state index in [4.69, 9.17) is 4.74 Å². The Morgan fingerprint density at radius 3 is 1.81 bits per heavy atom. The Labute approximate surface area is 195 Å². The third kappa shape index (κ3) is 10.1. The van der Waals surface area contributed by atoms with Crippen LogP contribution in [0.4, 0.5) is 5.69 Å². The van der Waals surface area contributed by atoms with Crippen LogP contribution < -0.4 is 9.46 Å². The third-order valence-electron chi connectivity index (χ3n) is 5.65. The summed E-state index contributed by atoms with van der Waals surface area (Å²) in [7, 11) is -3.61. The standard InChI is InChI=1S/C27H41NO3S/c1-3-5-6-7-8-9-10-11-12-13-23-31-26-19-21-27(22-20-26)32(29,30)28-25-17-15-24(14-4-2)16-18-25/h15-22,28H,3-14,23H2,1-2H3. The topological polar surface area (TPSA) is 55.4 Å². The Balaban J connectivity index is 1.66. The molecule has 2 aromatic rings. The van der Waals surface area contributed by atoms with Crippen molar-refractivity contribution < 1.29 is 13.2 Å². The quantitative estimate of drug-likeness (QED) is 0.246. The molecule has 0 aromatic heterocycles. The summed E-state index contributed by atoms with van der Waals surface area (Å²) < 4.78 is 33.7. The van der Waals surface area contributed by atoms with Crippen LogP contribution in [0.1, 0.15) is 90.0 Å². The number of benzene rings is 2. The van der Waals surface area contributed by atoms with Crippen molar-refractivity contribution in [1.82, 2.24) is 0 Å². The summed E-state index contributed by atoms with van der Waals surface area (Å²) in [6.07, 6.45) is 15.0. The Morgan fingerprint density at radius 1 is 0.688 bits per heavy atom. The summed E-state index contributed by atoms with van der Waals surface area (Å²) in [5, 5.41) is 0. The number of nitrogens with one attached hydrogen (secondary N) is 1. The lowest BCUT2D eigenvalue weighted by molar-refractivity contribution is 0.304. The molecule has 5 heteroatoms. The van der Waals surface area contributed by atoms with Crippen LogP contribution in [0, 0.1) is 0 Å². The lowest BCUT2D eigenvalue weighted by Gasteiger charge is -2.10. The highest BCUT2D eigenvalue weighted by Crippen LogP contribution is 2.20. The Morgan fingerprint density at radius 2 is 1.25 bits per heavy atom. The van der Waals surface area contributed by atoms with E-state index in [0.717, 1.165) is 19.3 Å². The number of rotatable bonds is 17. The lowest BCUT2D eigenvalue weighted by Crippen LogP contribution is -2.12. The predicted octanol–water partition coefficient (Wildman–Crippen LogP) is 7.74. The van der Waals surface area contributed by atoms with Gasteiger partial charge in [0.25, 0.3) is 10.0 Å². The molecule has 0 radical (unpaired) electrons. The van der Waals surface area contributed by atoms with E-state index in [1.165, 1.54) is 63.4 Å². The number of anilines is 1. The van der Waals surface area contributed by atoms with E-state index >= 15 is 0 Å². The molecule has 0 saturated heterocycles. The second-order valence-electron chi connectivity index (χ2n) is 8.55. The Kier molecular flexibility index (Phi) is 12.3. The monoisotopic (exact) mass is 459 g/mol. The smallest absolute Gasteiger partial charge is 0.261 e. The zero-order valence-electron chi connectivity index (χ0n) is 19.9. The molecule has 0 aliphatic heterocycles. The van der Waals surface area contributed by atoms with Crippen molar-refractivity contribution in [1.29, 1.82) is 0 Å². The van der Waals surface area contributed by atoms with E-state index in [0.29, 0.717) is 18.0 Å². The Bertz CT molecular complexity index is 845. The zero-order valence-corrected chi connectivity index (χ0v) is 20.8. The van der Waals surface area contributed by atoms with Crippen molar-refractivity contribution in [2.45, 2.75) is 95.8 Å². The van der Waals surface area contributed by atoms with Gasteiger partial charge in [0.15, 0.2) is 0 Å². The first-order valence-corrected chi connectivity index (χ1v) is 13.9. The van der Waals surface area contributed by atoms with Gasteiger partial charge >= 0.3 is 0 Å². The van der Waals surface area contributed by atoms with Crippen LogP contribution in [-0.2, 0) is 16.4 Å². The molecule has 0 heterocycles. The van der Waals surface area contributed by atoms with E-state index in [2.05, 4.69) is 18.6 Å². The molecular formula is C27H41NO3S. The van der Waals surface area contributed by atoms with Crippen LogP contribution in [0.3, 0.4) is 0 Å². The average Bonchev–Trinajstić information content (AvgIpc) is 2.79. The van der Waals surface area contributed by atoms with Crippen LogP contribution in [0.15, 0.2) is 53.4 Å². The molecule has 2 aromatic carbocycles. The molecule has 4 nitrogen and oxygen atoms in total. The molecule has 0 atom stereocenters. The summed E-state index contributed by atoms with van der Waals surface area (Å²) in [6, 6.07) is 14.2. The highest BCUT2D eigenvalue weighted by Gasteiger charge is 2.14. The summed E-state index contributed by atoms with van der Waals surface area (Å²) >= 11 is 0. The molecule has 0 spiro atoms. The van der Waals surface area contributed by atoms with Gasteiger partial charge in [-0.1, -0.05) is 90.2 Å². The largest absolute Gasteiger partial charge is 0.494 e. The van der Waals surface area contributed by atoms with Gasteiger partial charge in [-0.05, 0) is 54.8 Å². The fraction of sp³-hybridized carbons (Fsp3) is 0.556. The fourth-order valence-electron chi connectivity index (χ4n) is 3.74. The normalized spacial score (nSPS) is 11.4. The zero-order chi connectivity index (χ0) is 23.1. The van der Waals surface area contributed by atoms with E-state index in [1.807, 2.05) is 24.3 Å². The maximum atomic E-state index is 12.6. The summed E-state index contributed by atoms with van der Waals surface area (Å²) in [4.78, 5) is 0.237. The van der Waals surface area contributed by atoms with Gasteiger partial charge in [0.05, 0.1) is 11.5 Å². The van der Waals surface area contributed by atoms with Crippen LogP contribution in [-0.4, -0.2) is 15.0 Å². The van der Waals surface area contributed by atoms with Gasteiger partial charge in [-0.3, -0.25) is 4.72 Å². The molecule has 0 amide bonds. The first kappa shape index (κ1) is 26.2. The molecule has 0 aliphatic carbocycles. The van der Waals surface area contributed by atoms with E-state index < -0.39 is 10.0 Å². The molecular weight excluding hydrogens is 418 g/mol. The minimum atomic E-state index is -3.61. The van der Waals surface area contributed by atoms with Crippen molar-refractivity contribution in [2.24, 2.45) is 0 Å². The highest BCUT2D eigenvalue weighted by atomic mass is 32.2. The SMILES string of the molecule is CCCCCCCCCCCCOc1ccc(S(=O)(=O)Nc2ccc(CCC)cc2)cc1. The molecule has 2 rings (SSSR count). The van der Waals surface area contributed by atoms with Crippen molar-refractivity contribution in [3.05, 3.63) is 54.1 Å². The highest BCUT2D eigenvalue weighted by molar-refractivity contribution is 7.92. The molecule has 0 aliphatic rings. The maximum Gasteiger partial charge on any atom is 0.261 e. The van der Waals surface area contributed by atoms with Crippen molar-refractivity contribution in [2.75, 3.05) is 11.3 Å². The molecule has 178 valence electrons. The van der Waals surface area contributed by atoms with Crippen molar-refractivity contribution in [3.8, 4) is 5.75 Å². The number of ether oxygens (including phenoxy) is 1. The number of hydrogen-bond donors (Lipinski definition) is 1. The second-order valence-corrected chi connectivity index (χ2v) is 10.2. The third-order valence-corrected chi connectivity index (χ3v) is 7.04. The van der Waals surface area contributed by atoms with Gasteiger partial charge in [-0.15, -0.1) is 0 Å². The number of hydrogen-bond acceptors (Lipinski definition) is 3. The van der Waals surface area contributed by atoms with Crippen molar-refractivity contribution in [3.63, 3.8) is 0 Å². The number of unbranched alkanes of at least 4 members (excludes halogenated alkanes) is 9. The minimum absolute atomic E-state index is 0.237. The average molecular weight is 460 g/mol. The maximum absolute atomic E-state index is 12.6. The molecule has 0 unspecified atom stereocenters. The number of aryl methyl sites for hydroxylation is 1. The van der Waals surface area contributed by atoms with Gasteiger partial charge in [-0.25, -0.2) is 8.42 Å². The van der Waals surface area contributed by atoms with E-state index in [-0.39, 0.29) is 4.90 Å². The van der Waals surface area contributed by atoms with Crippen LogP contribution >= 0.6 is 0 Å². The van der Waals surface area contributed by atoms with Crippen LogP contribution in [0.5, 0.6) is 5.75 Å². The fourth-order valence-corrected chi connectivity index (χ4v) is 4.80. The molecule has 32 heavy (non-hydrogen) atoms. The minimum Gasteiger partial charge on any atom is -0.494 e.